The molecule has 6 nitrogen and oxygen atoms in total. The van der Waals surface area contributed by atoms with E-state index in [1.54, 1.807) is 0 Å². The number of rotatable bonds is 7. The first kappa shape index (κ1) is 24.9. The van der Waals surface area contributed by atoms with E-state index >= 15 is 0 Å². The Balaban J connectivity index is 0.00000364. The summed E-state index contributed by atoms with van der Waals surface area (Å²) in [7, 11) is 0. The van der Waals surface area contributed by atoms with Crippen LogP contribution in [0.2, 0.25) is 0 Å². The van der Waals surface area contributed by atoms with Crippen molar-refractivity contribution in [3.05, 3.63) is 0 Å². The average Bonchev–Trinajstić information content (AvgIpc) is 2.65. The highest BCUT2D eigenvalue weighted by atomic mass is 127. The van der Waals surface area contributed by atoms with E-state index in [0.717, 1.165) is 57.8 Å². The number of ether oxygens (including phenoxy) is 1. The molecular weight excluding hydrogens is 453 g/mol. The Morgan fingerprint density at radius 3 is 2.37 bits per heavy atom. The predicted molar refractivity (Wildman–Crippen MR) is 125 cm³/mol. The van der Waals surface area contributed by atoms with Crippen LogP contribution in [0, 0.1) is 5.92 Å². The van der Waals surface area contributed by atoms with Gasteiger partial charge in [-0.3, -0.25) is 14.8 Å². The van der Waals surface area contributed by atoms with Gasteiger partial charge in [0.1, 0.15) is 0 Å². The van der Waals surface area contributed by atoms with Gasteiger partial charge in [0.25, 0.3) is 0 Å². The second-order valence-electron chi connectivity index (χ2n) is 8.56. The Kier molecular flexibility index (Phi) is 11.5. The van der Waals surface area contributed by atoms with Crippen molar-refractivity contribution >= 4 is 29.9 Å². The molecule has 0 aromatic heterocycles. The maximum Gasteiger partial charge on any atom is 0.191 e. The predicted octanol–water partition coefficient (Wildman–Crippen LogP) is 2.39. The van der Waals surface area contributed by atoms with Gasteiger partial charge >= 0.3 is 0 Å². The van der Waals surface area contributed by atoms with Crippen molar-refractivity contribution < 1.29 is 4.74 Å². The molecule has 2 heterocycles. The first-order valence-corrected chi connectivity index (χ1v) is 10.5. The number of hydrogen-bond donors (Lipinski definition) is 2. The molecule has 0 aromatic rings. The summed E-state index contributed by atoms with van der Waals surface area (Å²) in [6, 6.07) is 0.540. The van der Waals surface area contributed by atoms with Gasteiger partial charge in [0.2, 0.25) is 0 Å². The van der Waals surface area contributed by atoms with Crippen LogP contribution in [0.3, 0.4) is 0 Å². The van der Waals surface area contributed by atoms with E-state index in [2.05, 4.69) is 55.1 Å². The van der Waals surface area contributed by atoms with Crippen molar-refractivity contribution in [3.63, 3.8) is 0 Å². The second-order valence-corrected chi connectivity index (χ2v) is 8.56. The highest BCUT2D eigenvalue weighted by Crippen LogP contribution is 2.18. The molecule has 1 atom stereocenters. The molecule has 2 aliphatic rings. The molecule has 0 saturated carbocycles. The Hall–Kier alpha value is -0.120. The van der Waals surface area contributed by atoms with Crippen molar-refractivity contribution in [1.82, 2.24) is 20.4 Å². The molecule has 0 radical (unpaired) electrons. The zero-order chi connectivity index (χ0) is 19.0. The van der Waals surface area contributed by atoms with Gasteiger partial charge in [-0.2, -0.15) is 0 Å². The van der Waals surface area contributed by atoms with Crippen molar-refractivity contribution in [2.45, 2.75) is 59.0 Å². The molecule has 0 bridgehead atoms. The van der Waals surface area contributed by atoms with Crippen LogP contribution in [0.1, 0.15) is 47.5 Å². The lowest BCUT2D eigenvalue weighted by molar-refractivity contribution is -0.00684. The lowest BCUT2D eigenvalue weighted by atomic mass is 9.98. The van der Waals surface area contributed by atoms with E-state index in [1.807, 2.05) is 0 Å². The van der Waals surface area contributed by atoms with Gasteiger partial charge in [0.15, 0.2) is 5.96 Å². The number of piperidine rings is 1. The van der Waals surface area contributed by atoms with Crippen molar-refractivity contribution in [2.75, 3.05) is 59.0 Å². The molecule has 2 fully saturated rings. The molecule has 160 valence electrons. The summed E-state index contributed by atoms with van der Waals surface area (Å²) in [6.07, 6.45) is 2.65. The standard InChI is InChI=1S/C20H41N5O.HI/c1-6-21-19(22-15-18(3)24-9-7-17(2)8-10-24)23-16-20(4,5)25-11-13-26-14-12-25;/h17-18H,6-16H2,1-5H3,(H2,21,22,23);1H. The van der Waals surface area contributed by atoms with Gasteiger partial charge in [-0.25, -0.2) is 0 Å². The van der Waals surface area contributed by atoms with E-state index in [9.17, 15) is 0 Å². The maximum absolute atomic E-state index is 5.48. The third kappa shape index (κ3) is 8.41. The van der Waals surface area contributed by atoms with Crippen molar-refractivity contribution in [3.8, 4) is 0 Å². The quantitative estimate of drug-likeness (QED) is 0.323. The molecule has 7 heteroatoms. The van der Waals surface area contributed by atoms with Crippen LogP contribution in [0.4, 0.5) is 0 Å². The summed E-state index contributed by atoms with van der Waals surface area (Å²) >= 11 is 0. The van der Waals surface area contributed by atoms with E-state index in [-0.39, 0.29) is 29.5 Å². The fourth-order valence-corrected chi connectivity index (χ4v) is 3.73. The average molecular weight is 495 g/mol. The van der Waals surface area contributed by atoms with Gasteiger partial charge in [-0.05, 0) is 59.5 Å². The number of hydrogen-bond acceptors (Lipinski definition) is 4. The zero-order valence-electron chi connectivity index (χ0n) is 18.1. The monoisotopic (exact) mass is 495 g/mol. The van der Waals surface area contributed by atoms with E-state index < -0.39 is 0 Å². The van der Waals surface area contributed by atoms with Gasteiger partial charge in [-0.15, -0.1) is 24.0 Å². The topological polar surface area (TPSA) is 52.1 Å². The van der Waals surface area contributed by atoms with E-state index in [4.69, 9.17) is 9.73 Å². The fourth-order valence-electron chi connectivity index (χ4n) is 3.73. The van der Waals surface area contributed by atoms with Gasteiger partial charge < -0.3 is 15.4 Å². The molecule has 0 spiro atoms. The molecule has 2 saturated heterocycles. The lowest BCUT2D eigenvalue weighted by Gasteiger charge is -2.40. The number of halogens is 1. The first-order chi connectivity index (χ1) is 12.4. The van der Waals surface area contributed by atoms with Crippen LogP contribution in [-0.2, 0) is 4.74 Å². The van der Waals surface area contributed by atoms with Crippen LogP contribution < -0.4 is 10.6 Å². The summed E-state index contributed by atoms with van der Waals surface area (Å²) in [4.78, 5) is 9.98. The van der Waals surface area contributed by atoms with Crippen LogP contribution in [0.15, 0.2) is 4.99 Å². The molecule has 0 aliphatic carbocycles. The van der Waals surface area contributed by atoms with E-state index in [1.165, 1.54) is 25.9 Å². The number of morpholine rings is 1. The van der Waals surface area contributed by atoms with Gasteiger partial charge in [0.05, 0.1) is 19.8 Å². The van der Waals surface area contributed by atoms with E-state index in [0.29, 0.717) is 6.04 Å². The normalized spacial score (nSPS) is 22.2. The van der Waals surface area contributed by atoms with Crippen LogP contribution in [0.5, 0.6) is 0 Å². The maximum atomic E-state index is 5.48. The molecule has 0 aromatic carbocycles. The molecule has 0 amide bonds. The molecule has 27 heavy (non-hydrogen) atoms. The highest BCUT2D eigenvalue weighted by molar-refractivity contribution is 14.0. The Labute approximate surface area is 183 Å². The molecular formula is C20H42IN5O. The molecule has 2 rings (SSSR count). The number of nitrogens with one attached hydrogen (secondary N) is 2. The van der Waals surface area contributed by atoms with Crippen molar-refractivity contribution in [2.24, 2.45) is 10.9 Å². The summed E-state index contributed by atoms with van der Waals surface area (Å²) in [6.45, 7) is 20.1. The molecule has 1 unspecified atom stereocenters. The number of aliphatic imine (C=N–C) groups is 1. The number of likely N-dealkylation sites (tertiary alicyclic amines) is 1. The van der Waals surface area contributed by atoms with Gasteiger partial charge in [0, 0.05) is 37.8 Å². The minimum absolute atomic E-state index is 0. The second kappa shape index (κ2) is 12.4. The highest BCUT2D eigenvalue weighted by Gasteiger charge is 2.28. The Bertz CT molecular complexity index is 432. The third-order valence-corrected chi connectivity index (χ3v) is 5.84. The van der Waals surface area contributed by atoms with Gasteiger partial charge in [-0.1, -0.05) is 6.92 Å². The zero-order valence-corrected chi connectivity index (χ0v) is 20.4. The number of guanidine groups is 1. The first-order valence-electron chi connectivity index (χ1n) is 10.5. The van der Waals surface area contributed by atoms with Crippen LogP contribution in [-0.4, -0.2) is 86.4 Å². The Morgan fingerprint density at radius 1 is 1.15 bits per heavy atom. The minimum Gasteiger partial charge on any atom is -0.379 e. The summed E-state index contributed by atoms with van der Waals surface area (Å²) in [5, 5.41) is 6.96. The third-order valence-electron chi connectivity index (χ3n) is 5.84. The fraction of sp³-hybridized carbons (Fsp3) is 0.950. The largest absolute Gasteiger partial charge is 0.379 e. The minimum atomic E-state index is 0. The van der Waals surface area contributed by atoms with Crippen molar-refractivity contribution in [1.29, 1.82) is 0 Å². The smallest absolute Gasteiger partial charge is 0.191 e. The SMILES string of the molecule is CCNC(=NCC(C)(C)N1CCOCC1)NCC(C)N1CCC(C)CC1.I. The summed E-state index contributed by atoms with van der Waals surface area (Å²) in [5.74, 6) is 1.82. The molecule has 2 aliphatic heterocycles. The lowest BCUT2D eigenvalue weighted by Crippen LogP contribution is -2.52. The van der Waals surface area contributed by atoms with Crippen LogP contribution >= 0.6 is 24.0 Å². The van der Waals surface area contributed by atoms with Crippen LogP contribution in [0.25, 0.3) is 0 Å². The summed E-state index contributed by atoms with van der Waals surface area (Å²) in [5.41, 5.74) is 0.0563. The number of nitrogens with zero attached hydrogens (tertiary/aromatic N) is 3. The summed E-state index contributed by atoms with van der Waals surface area (Å²) < 4.78 is 5.48. The Morgan fingerprint density at radius 2 is 1.78 bits per heavy atom. The molecule has 2 N–H and O–H groups in total.